The van der Waals surface area contributed by atoms with Gasteiger partial charge in [-0.3, -0.25) is 14.4 Å². The largest absolute Gasteiger partial charge is 0.469 e. The summed E-state index contributed by atoms with van der Waals surface area (Å²) in [5.74, 6) is -2.51. The van der Waals surface area contributed by atoms with Gasteiger partial charge in [0.2, 0.25) is 0 Å². The van der Waals surface area contributed by atoms with Gasteiger partial charge in [-0.15, -0.1) is 5.06 Å². The molecule has 1 rings (SSSR count). The lowest BCUT2D eigenvalue weighted by molar-refractivity contribution is -0.197. The Bertz CT molecular complexity index is 376. The number of hydrogen-bond donors (Lipinski definition) is 0. The van der Waals surface area contributed by atoms with E-state index in [1.54, 1.807) is 6.92 Å². The highest BCUT2D eigenvalue weighted by Gasteiger charge is 2.33. The monoisotopic (exact) mass is 271 g/mol. The second-order valence-corrected chi connectivity index (χ2v) is 4.21. The van der Waals surface area contributed by atoms with Crippen molar-refractivity contribution in [2.75, 3.05) is 7.11 Å². The van der Waals surface area contributed by atoms with Crippen LogP contribution in [0.5, 0.6) is 0 Å². The maximum Gasteiger partial charge on any atom is 0.333 e. The maximum atomic E-state index is 11.5. The Morgan fingerprint density at radius 1 is 1.26 bits per heavy atom. The van der Waals surface area contributed by atoms with Crippen molar-refractivity contribution in [1.29, 1.82) is 0 Å². The van der Waals surface area contributed by atoms with Gasteiger partial charge in [0.25, 0.3) is 11.8 Å². The van der Waals surface area contributed by atoms with Gasteiger partial charge in [0.1, 0.15) is 0 Å². The number of rotatable bonds is 6. The minimum atomic E-state index is -0.703. The molecule has 106 valence electrons. The molecule has 19 heavy (non-hydrogen) atoms. The molecule has 0 aromatic rings. The zero-order valence-corrected chi connectivity index (χ0v) is 11.0. The van der Waals surface area contributed by atoms with Crippen LogP contribution in [-0.2, 0) is 28.8 Å². The Morgan fingerprint density at radius 3 is 2.32 bits per heavy atom. The van der Waals surface area contributed by atoms with Gasteiger partial charge in [-0.2, -0.15) is 0 Å². The van der Waals surface area contributed by atoms with Crippen LogP contribution in [0.3, 0.4) is 0 Å². The topological polar surface area (TPSA) is 90.0 Å². The molecule has 1 saturated heterocycles. The van der Waals surface area contributed by atoms with Crippen LogP contribution in [-0.4, -0.2) is 35.9 Å². The summed E-state index contributed by atoms with van der Waals surface area (Å²) in [6.07, 6.45) is 0.877. The second kappa shape index (κ2) is 6.86. The van der Waals surface area contributed by atoms with Gasteiger partial charge in [-0.25, -0.2) is 4.79 Å². The number of imide groups is 1. The Morgan fingerprint density at radius 2 is 1.84 bits per heavy atom. The first-order valence-electron chi connectivity index (χ1n) is 6.14. The molecule has 1 unspecified atom stereocenters. The van der Waals surface area contributed by atoms with E-state index in [9.17, 15) is 19.2 Å². The summed E-state index contributed by atoms with van der Waals surface area (Å²) >= 11 is 0. The molecule has 0 aromatic heterocycles. The van der Waals surface area contributed by atoms with Crippen LogP contribution in [0.1, 0.15) is 39.0 Å². The van der Waals surface area contributed by atoms with Gasteiger partial charge in [0.05, 0.1) is 13.0 Å². The molecule has 0 bridgehead atoms. The normalized spacial score (nSPS) is 16.4. The average Bonchev–Trinajstić information content (AvgIpc) is 2.70. The lowest BCUT2D eigenvalue weighted by Crippen LogP contribution is -2.32. The van der Waals surface area contributed by atoms with Gasteiger partial charge in [-0.05, 0) is 12.8 Å². The highest BCUT2D eigenvalue weighted by atomic mass is 16.7. The summed E-state index contributed by atoms with van der Waals surface area (Å²) in [6, 6.07) is 0. The molecule has 0 radical (unpaired) electrons. The average molecular weight is 271 g/mol. The van der Waals surface area contributed by atoms with Crippen LogP contribution in [0.4, 0.5) is 0 Å². The predicted molar refractivity (Wildman–Crippen MR) is 62.2 cm³/mol. The van der Waals surface area contributed by atoms with Crippen molar-refractivity contribution in [2.45, 2.75) is 39.0 Å². The number of methoxy groups -OCH3 is 1. The van der Waals surface area contributed by atoms with Gasteiger partial charge < -0.3 is 9.57 Å². The summed E-state index contributed by atoms with van der Waals surface area (Å²) in [7, 11) is 1.28. The van der Waals surface area contributed by atoms with E-state index in [2.05, 4.69) is 9.57 Å². The zero-order valence-electron chi connectivity index (χ0n) is 11.0. The highest BCUT2D eigenvalue weighted by molar-refractivity contribution is 6.01. The fourth-order valence-corrected chi connectivity index (χ4v) is 1.75. The molecule has 1 aliphatic rings. The summed E-state index contributed by atoms with van der Waals surface area (Å²) < 4.78 is 4.59. The van der Waals surface area contributed by atoms with E-state index in [4.69, 9.17) is 0 Å². The third-order valence-corrected chi connectivity index (χ3v) is 2.92. The molecule has 1 heterocycles. The van der Waals surface area contributed by atoms with Crippen LogP contribution >= 0.6 is 0 Å². The smallest absolute Gasteiger partial charge is 0.333 e. The molecule has 2 amide bonds. The number of hydroxylamine groups is 2. The predicted octanol–water partition coefficient (Wildman–Crippen LogP) is 0.573. The van der Waals surface area contributed by atoms with Crippen molar-refractivity contribution in [1.82, 2.24) is 5.06 Å². The van der Waals surface area contributed by atoms with Crippen LogP contribution in [0, 0.1) is 5.92 Å². The minimum absolute atomic E-state index is 0.0509. The van der Waals surface area contributed by atoms with Crippen LogP contribution in [0.25, 0.3) is 0 Å². The van der Waals surface area contributed by atoms with Crippen LogP contribution in [0.15, 0.2) is 0 Å². The SMILES string of the molecule is CCC(CCC(=O)ON1C(=O)CCC1=O)C(=O)OC. The lowest BCUT2D eigenvalue weighted by atomic mass is 10.0. The molecule has 0 aromatic carbocycles. The van der Waals surface area contributed by atoms with E-state index in [0.29, 0.717) is 11.5 Å². The molecule has 7 nitrogen and oxygen atoms in total. The van der Waals surface area contributed by atoms with Crippen molar-refractivity contribution in [2.24, 2.45) is 5.92 Å². The Hall–Kier alpha value is -1.92. The molecule has 0 aliphatic carbocycles. The highest BCUT2D eigenvalue weighted by Crippen LogP contribution is 2.16. The number of amides is 2. The zero-order chi connectivity index (χ0) is 14.4. The molecular formula is C12H17NO6. The number of nitrogens with zero attached hydrogens (tertiary/aromatic N) is 1. The number of carbonyl (C=O) groups excluding carboxylic acids is 4. The molecule has 0 N–H and O–H groups in total. The number of carbonyl (C=O) groups is 4. The fraction of sp³-hybridized carbons (Fsp3) is 0.667. The van der Waals surface area contributed by atoms with Gasteiger partial charge in [0.15, 0.2) is 0 Å². The van der Waals surface area contributed by atoms with Crippen molar-refractivity contribution in [3.8, 4) is 0 Å². The molecular weight excluding hydrogens is 254 g/mol. The van der Waals surface area contributed by atoms with Crippen molar-refractivity contribution in [3.63, 3.8) is 0 Å². The molecule has 1 fully saturated rings. The van der Waals surface area contributed by atoms with E-state index in [-0.39, 0.29) is 37.6 Å². The second-order valence-electron chi connectivity index (χ2n) is 4.21. The minimum Gasteiger partial charge on any atom is -0.469 e. The Kier molecular flexibility index (Phi) is 5.47. The number of hydrogen-bond acceptors (Lipinski definition) is 6. The summed E-state index contributed by atoms with van der Waals surface area (Å²) in [4.78, 5) is 49.9. The Labute approximate surface area is 110 Å². The summed E-state index contributed by atoms with van der Waals surface area (Å²) in [5, 5.41) is 0.501. The van der Waals surface area contributed by atoms with E-state index < -0.39 is 17.8 Å². The van der Waals surface area contributed by atoms with Gasteiger partial charge >= 0.3 is 11.9 Å². The molecule has 0 spiro atoms. The summed E-state index contributed by atoms with van der Waals surface area (Å²) in [6.45, 7) is 1.81. The van der Waals surface area contributed by atoms with E-state index in [1.807, 2.05) is 0 Å². The molecule has 7 heteroatoms. The van der Waals surface area contributed by atoms with Crippen molar-refractivity contribution >= 4 is 23.8 Å². The quantitative estimate of drug-likeness (QED) is 0.518. The van der Waals surface area contributed by atoms with Crippen LogP contribution in [0.2, 0.25) is 0 Å². The fourth-order valence-electron chi connectivity index (χ4n) is 1.75. The van der Waals surface area contributed by atoms with Crippen LogP contribution < -0.4 is 0 Å². The molecule has 0 saturated carbocycles. The first kappa shape index (κ1) is 15.1. The standard InChI is InChI=1S/C12H17NO6/c1-3-8(12(17)18-2)4-7-11(16)19-13-9(14)5-6-10(13)15/h8H,3-7H2,1-2H3. The third-order valence-electron chi connectivity index (χ3n) is 2.92. The van der Waals surface area contributed by atoms with E-state index in [0.717, 1.165) is 0 Å². The number of esters is 1. The van der Waals surface area contributed by atoms with Gasteiger partial charge in [0, 0.05) is 19.3 Å². The first-order valence-corrected chi connectivity index (χ1v) is 6.14. The lowest BCUT2D eigenvalue weighted by Gasteiger charge is -2.14. The van der Waals surface area contributed by atoms with Crippen molar-refractivity contribution in [3.05, 3.63) is 0 Å². The Balaban J connectivity index is 2.41. The maximum absolute atomic E-state index is 11.5. The first-order chi connectivity index (χ1) is 8.99. The molecule has 1 aliphatic heterocycles. The molecule has 1 atom stereocenters. The van der Waals surface area contributed by atoms with Crippen molar-refractivity contribution < 1.29 is 28.8 Å². The van der Waals surface area contributed by atoms with Gasteiger partial charge in [-0.1, -0.05) is 6.92 Å². The third kappa shape index (κ3) is 4.04. The summed E-state index contributed by atoms with van der Waals surface area (Å²) in [5.41, 5.74) is 0. The van der Waals surface area contributed by atoms with E-state index in [1.165, 1.54) is 7.11 Å². The number of ether oxygens (including phenoxy) is 1. The van der Waals surface area contributed by atoms with E-state index >= 15 is 0 Å².